The average molecular weight is 397 g/mol. The normalized spacial score (nSPS) is 16.3. The maximum Gasteiger partial charge on any atom is 0.317 e. The molecule has 1 aliphatic carbocycles. The standard InChI is InChI=1S/C24H28FNO3/c1-15-13-16(2)21(17(3)14-15)26-22(27)18(4)29-23(28)24(11-5-6-12-24)19-7-9-20(25)10-8-19/h7-10,13-14,18H,5-6,11-12H2,1-4H3,(H,26,27)/t18-/m1/s1. The van der Waals surface area contributed by atoms with Gasteiger partial charge in [0.05, 0.1) is 5.41 Å². The molecular formula is C24H28FNO3. The molecule has 1 saturated carbocycles. The van der Waals surface area contributed by atoms with E-state index in [-0.39, 0.29) is 11.7 Å². The molecule has 0 saturated heterocycles. The lowest BCUT2D eigenvalue weighted by molar-refractivity contribution is -0.159. The summed E-state index contributed by atoms with van der Waals surface area (Å²) in [5, 5.41) is 2.90. The maximum absolute atomic E-state index is 13.3. The summed E-state index contributed by atoms with van der Waals surface area (Å²) in [5.41, 5.74) is 3.75. The molecule has 1 atom stereocenters. The number of nitrogens with one attached hydrogen (secondary N) is 1. The molecule has 0 aromatic heterocycles. The predicted molar refractivity (Wildman–Crippen MR) is 111 cm³/mol. The van der Waals surface area contributed by atoms with Gasteiger partial charge in [0.15, 0.2) is 6.10 Å². The summed E-state index contributed by atoms with van der Waals surface area (Å²) in [5.74, 6) is -1.12. The Kier molecular flexibility index (Phi) is 6.06. The van der Waals surface area contributed by atoms with Crippen LogP contribution in [0.25, 0.3) is 0 Å². The Balaban J connectivity index is 1.75. The topological polar surface area (TPSA) is 55.4 Å². The lowest BCUT2D eigenvalue weighted by Gasteiger charge is -2.29. The maximum atomic E-state index is 13.3. The Morgan fingerprint density at radius 1 is 1.03 bits per heavy atom. The first kappa shape index (κ1) is 21.0. The van der Waals surface area contributed by atoms with Crippen LogP contribution in [0, 0.1) is 26.6 Å². The van der Waals surface area contributed by atoms with Gasteiger partial charge in [-0.2, -0.15) is 0 Å². The van der Waals surface area contributed by atoms with Crippen molar-refractivity contribution in [2.45, 2.75) is 64.9 Å². The number of hydrogen-bond donors (Lipinski definition) is 1. The van der Waals surface area contributed by atoms with E-state index in [0.29, 0.717) is 12.8 Å². The van der Waals surface area contributed by atoms with E-state index >= 15 is 0 Å². The molecule has 4 nitrogen and oxygen atoms in total. The summed E-state index contributed by atoms with van der Waals surface area (Å²) >= 11 is 0. The molecule has 0 spiro atoms. The van der Waals surface area contributed by atoms with Gasteiger partial charge in [0.2, 0.25) is 0 Å². The van der Waals surface area contributed by atoms with Gasteiger partial charge < -0.3 is 10.1 Å². The fourth-order valence-corrected chi connectivity index (χ4v) is 4.29. The first-order chi connectivity index (χ1) is 13.7. The number of halogens is 1. The molecule has 0 bridgehead atoms. The van der Waals surface area contributed by atoms with Gasteiger partial charge in [0.25, 0.3) is 5.91 Å². The van der Waals surface area contributed by atoms with E-state index < -0.39 is 17.5 Å². The summed E-state index contributed by atoms with van der Waals surface area (Å²) in [6.45, 7) is 7.47. The van der Waals surface area contributed by atoms with Gasteiger partial charge in [-0.05, 0) is 69.4 Å². The third-order valence-electron chi connectivity index (χ3n) is 5.82. The molecule has 0 heterocycles. The van der Waals surface area contributed by atoms with Crippen LogP contribution in [-0.2, 0) is 19.7 Å². The summed E-state index contributed by atoms with van der Waals surface area (Å²) in [6, 6.07) is 10.0. The van der Waals surface area contributed by atoms with Crippen molar-refractivity contribution in [1.29, 1.82) is 0 Å². The number of benzene rings is 2. The number of ether oxygens (including phenoxy) is 1. The first-order valence-electron chi connectivity index (χ1n) is 10.1. The van der Waals surface area contributed by atoms with Crippen molar-refractivity contribution in [2.24, 2.45) is 0 Å². The smallest absolute Gasteiger partial charge is 0.317 e. The first-order valence-corrected chi connectivity index (χ1v) is 10.1. The van der Waals surface area contributed by atoms with E-state index in [9.17, 15) is 14.0 Å². The third kappa shape index (κ3) is 4.34. The fourth-order valence-electron chi connectivity index (χ4n) is 4.29. The summed E-state index contributed by atoms with van der Waals surface area (Å²) in [4.78, 5) is 25.8. The molecule has 0 unspecified atom stereocenters. The average Bonchev–Trinajstić information content (AvgIpc) is 3.16. The molecule has 154 valence electrons. The fraction of sp³-hybridized carbons (Fsp3) is 0.417. The Morgan fingerprint density at radius 2 is 1.59 bits per heavy atom. The van der Waals surface area contributed by atoms with Gasteiger partial charge in [0, 0.05) is 5.69 Å². The van der Waals surface area contributed by atoms with Gasteiger partial charge in [-0.25, -0.2) is 4.39 Å². The Morgan fingerprint density at radius 3 is 2.14 bits per heavy atom. The van der Waals surface area contributed by atoms with E-state index in [0.717, 1.165) is 40.8 Å². The highest BCUT2D eigenvalue weighted by molar-refractivity contribution is 5.97. The van der Waals surface area contributed by atoms with E-state index in [1.54, 1.807) is 19.1 Å². The van der Waals surface area contributed by atoms with E-state index in [1.807, 2.05) is 32.9 Å². The monoisotopic (exact) mass is 397 g/mol. The minimum absolute atomic E-state index is 0.341. The number of aryl methyl sites for hydroxylation is 3. The van der Waals surface area contributed by atoms with Gasteiger partial charge in [-0.15, -0.1) is 0 Å². The van der Waals surface area contributed by atoms with Crippen molar-refractivity contribution >= 4 is 17.6 Å². The van der Waals surface area contributed by atoms with Gasteiger partial charge >= 0.3 is 5.97 Å². The molecule has 3 rings (SSSR count). The van der Waals surface area contributed by atoms with E-state index in [2.05, 4.69) is 5.32 Å². The minimum atomic E-state index is -0.930. The lowest BCUT2D eigenvalue weighted by atomic mass is 9.79. The number of anilines is 1. The molecule has 1 N–H and O–H groups in total. The highest BCUT2D eigenvalue weighted by atomic mass is 19.1. The van der Waals surface area contributed by atoms with Crippen LogP contribution in [0.5, 0.6) is 0 Å². The van der Waals surface area contributed by atoms with Crippen molar-refractivity contribution in [3.05, 3.63) is 64.5 Å². The number of carbonyl (C=O) groups is 2. The summed E-state index contributed by atoms with van der Waals surface area (Å²) < 4.78 is 19.0. The van der Waals surface area contributed by atoms with Crippen LogP contribution in [0.1, 0.15) is 54.9 Å². The number of esters is 1. The van der Waals surface area contributed by atoms with Gasteiger partial charge in [-0.3, -0.25) is 9.59 Å². The van der Waals surface area contributed by atoms with Crippen LogP contribution in [0.15, 0.2) is 36.4 Å². The molecule has 29 heavy (non-hydrogen) atoms. The molecule has 5 heteroatoms. The highest BCUT2D eigenvalue weighted by Gasteiger charge is 2.45. The number of carbonyl (C=O) groups excluding carboxylic acids is 2. The number of amides is 1. The van der Waals surface area contributed by atoms with E-state index in [1.165, 1.54) is 12.1 Å². The van der Waals surface area contributed by atoms with Gasteiger partial charge in [-0.1, -0.05) is 42.7 Å². The largest absolute Gasteiger partial charge is 0.452 e. The molecule has 1 fully saturated rings. The second kappa shape index (κ2) is 8.36. The lowest BCUT2D eigenvalue weighted by Crippen LogP contribution is -2.40. The molecule has 1 amide bonds. The van der Waals surface area contributed by atoms with Crippen LogP contribution < -0.4 is 5.32 Å². The van der Waals surface area contributed by atoms with Crippen molar-refractivity contribution in [3.8, 4) is 0 Å². The summed E-state index contributed by atoms with van der Waals surface area (Å²) in [6.07, 6.45) is 2.15. The van der Waals surface area contributed by atoms with Crippen molar-refractivity contribution in [1.82, 2.24) is 0 Å². The Bertz CT molecular complexity index is 891. The van der Waals surface area contributed by atoms with Crippen molar-refractivity contribution in [3.63, 3.8) is 0 Å². The van der Waals surface area contributed by atoms with Crippen LogP contribution in [0.3, 0.4) is 0 Å². The molecule has 2 aromatic rings. The molecule has 0 radical (unpaired) electrons. The second-order valence-electron chi connectivity index (χ2n) is 8.11. The number of hydrogen-bond acceptors (Lipinski definition) is 3. The quantitative estimate of drug-likeness (QED) is 0.712. The minimum Gasteiger partial charge on any atom is -0.452 e. The zero-order chi connectivity index (χ0) is 21.2. The molecular weight excluding hydrogens is 369 g/mol. The molecule has 1 aliphatic rings. The Hall–Kier alpha value is -2.69. The van der Waals surface area contributed by atoms with Gasteiger partial charge in [0.1, 0.15) is 5.82 Å². The molecule has 2 aromatic carbocycles. The van der Waals surface area contributed by atoms with Crippen LogP contribution >= 0.6 is 0 Å². The second-order valence-corrected chi connectivity index (χ2v) is 8.11. The third-order valence-corrected chi connectivity index (χ3v) is 5.82. The van der Waals surface area contributed by atoms with Crippen LogP contribution in [-0.4, -0.2) is 18.0 Å². The number of rotatable bonds is 5. The zero-order valence-electron chi connectivity index (χ0n) is 17.5. The van der Waals surface area contributed by atoms with Crippen LogP contribution in [0.4, 0.5) is 10.1 Å². The zero-order valence-corrected chi connectivity index (χ0v) is 17.5. The highest BCUT2D eigenvalue weighted by Crippen LogP contribution is 2.42. The van der Waals surface area contributed by atoms with Crippen molar-refractivity contribution in [2.75, 3.05) is 5.32 Å². The summed E-state index contributed by atoms with van der Waals surface area (Å²) in [7, 11) is 0. The molecule has 0 aliphatic heterocycles. The van der Waals surface area contributed by atoms with E-state index in [4.69, 9.17) is 4.74 Å². The van der Waals surface area contributed by atoms with Crippen LogP contribution in [0.2, 0.25) is 0 Å². The predicted octanol–water partition coefficient (Wildman–Crippen LogP) is 5.13. The SMILES string of the molecule is Cc1cc(C)c(NC(=O)[C@@H](C)OC(=O)C2(c3ccc(F)cc3)CCCC2)c(C)c1. The van der Waals surface area contributed by atoms with Crippen molar-refractivity contribution < 1.29 is 18.7 Å². The Labute approximate surface area is 171 Å².